The molecule has 0 spiro atoms. The van der Waals surface area contributed by atoms with Crippen molar-refractivity contribution in [3.8, 4) is 0 Å². The van der Waals surface area contributed by atoms with Crippen LogP contribution in [0.25, 0.3) is 0 Å². The number of quaternary nitrogens is 1. The predicted molar refractivity (Wildman–Crippen MR) is 277 cm³/mol. The molecule has 65 heavy (non-hydrogen) atoms. The topological polar surface area (TPSA) is 111 Å². The van der Waals surface area contributed by atoms with Gasteiger partial charge in [0.1, 0.15) is 19.3 Å². The number of hydrogen-bond donors (Lipinski definition) is 2. The number of carbonyl (C=O) groups is 2. The fourth-order valence-corrected chi connectivity index (χ4v) is 7.84. The van der Waals surface area contributed by atoms with Crippen molar-refractivity contribution >= 4 is 19.7 Å². The zero-order valence-electron chi connectivity index (χ0n) is 42.7. The molecule has 0 fully saturated rings. The highest BCUT2D eigenvalue weighted by molar-refractivity contribution is 7.47. The molecule has 0 saturated heterocycles. The van der Waals surface area contributed by atoms with Crippen LogP contribution in [0, 0.1) is 0 Å². The van der Waals surface area contributed by atoms with Gasteiger partial charge in [0, 0.05) is 12.8 Å². The molecule has 2 N–H and O–H groups in total. The highest BCUT2D eigenvalue weighted by Gasteiger charge is 2.30. The Bertz CT molecular complexity index is 1350. The van der Waals surface area contributed by atoms with Gasteiger partial charge < -0.3 is 19.4 Å². The Balaban J connectivity index is 5.46. The quantitative estimate of drug-likeness (QED) is 0.0156. The van der Waals surface area contributed by atoms with Gasteiger partial charge in [0.25, 0.3) is 0 Å². The predicted octanol–water partition coefficient (Wildman–Crippen LogP) is 15.3. The molecule has 1 amide bonds. The number of allylic oxidation sites excluding steroid dienone is 11. The van der Waals surface area contributed by atoms with E-state index in [9.17, 15) is 19.0 Å². The van der Waals surface area contributed by atoms with E-state index in [1.165, 1.54) is 70.6 Å². The summed E-state index contributed by atoms with van der Waals surface area (Å²) in [5.74, 6) is -0.549. The SMILES string of the molecule is CC/C=C/C=C/C=C\CCCCCCCC(=O)OC(/C=C/CCCCCCCCCCC)C(COP(=O)(O)OCC[N+](C)(C)C)NC(=O)CCCCCCCC/C=C/C=C/CCCCC. The molecule has 3 unspecified atom stereocenters. The third-order valence-electron chi connectivity index (χ3n) is 11.2. The maximum absolute atomic E-state index is 13.4. The second kappa shape index (κ2) is 45.2. The molecule has 0 aliphatic rings. The van der Waals surface area contributed by atoms with E-state index in [0.29, 0.717) is 23.9 Å². The van der Waals surface area contributed by atoms with Gasteiger partial charge in [0.05, 0.1) is 33.8 Å². The van der Waals surface area contributed by atoms with E-state index in [0.717, 1.165) is 103 Å². The molecule has 10 heteroatoms. The van der Waals surface area contributed by atoms with E-state index in [2.05, 4.69) is 80.8 Å². The van der Waals surface area contributed by atoms with Crippen molar-refractivity contribution in [2.24, 2.45) is 0 Å². The summed E-state index contributed by atoms with van der Waals surface area (Å²) in [6, 6.07) is -0.863. The number of esters is 1. The van der Waals surface area contributed by atoms with Gasteiger partial charge in [0.15, 0.2) is 0 Å². The Kier molecular flexibility index (Phi) is 43.5. The molecular formula is C55H100N2O7P+. The van der Waals surface area contributed by atoms with E-state index >= 15 is 0 Å². The smallest absolute Gasteiger partial charge is 0.456 e. The highest BCUT2D eigenvalue weighted by atomic mass is 31.2. The molecule has 9 nitrogen and oxygen atoms in total. The van der Waals surface area contributed by atoms with Crippen LogP contribution < -0.4 is 5.32 Å². The molecule has 0 aromatic rings. The van der Waals surface area contributed by atoms with E-state index in [1.54, 1.807) is 0 Å². The van der Waals surface area contributed by atoms with E-state index < -0.39 is 20.0 Å². The summed E-state index contributed by atoms with van der Waals surface area (Å²) in [5.41, 5.74) is 0. The first-order chi connectivity index (χ1) is 31.4. The molecule has 0 aliphatic heterocycles. The van der Waals surface area contributed by atoms with Gasteiger partial charge in [-0.05, 0) is 76.7 Å². The van der Waals surface area contributed by atoms with Gasteiger partial charge in [-0.2, -0.15) is 0 Å². The van der Waals surface area contributed by atoms with Crippen LogP contribution >= 0.6 is 7.82 Å². The Morgan fingerprint density at radius 2 is 0.985 bits per heavy atom. The number of nitrogens with zero attached hydrogens (tertiary/aromatic N) is 1. The fraction of sp³-hybridized carbons (Fsp3) is 0.745. The van der Waals surface area contributed by atoms with Gasteiger partial charge in [-0.3, -0.25) is 18.6 Å². The molecule has 3 atom stereocenters. The van der Waals surface area contributed by atoms with Crippen LogP contribution in [-0.4, -0.2) is 74.3 Å². The number of phosphoric acid groups is 1. The van der Waals surface area contributed by atoms with Crippen LogP contribution in [0.15, 0.2) is 72.9 Å². The fourth-order valence-electron chi connectivity index (χ4n) is 7.11. The average Bonchev–Trinajstić information content (AvgIpc) is 3.26. The monoisotopic (exact) mass is 932 g/mol. The lowest BCUT2D eigenvalue weighted by molar-refractivity contribution is -0.870. The van der Waals surface area contributed by atoms with Crippen LogP contribution in [0.4, 0.5) is 0 Å². The first-order valence-electron chi connectivity index (χ1n) is 26.3. The van der Waals surface area contributed by atoms with Crippen LogP contribution in [0.1, 0.15) is 213 Å². The lowest BCUT2D eigenvalue weighted by Crippen LogP contribution is -2.47. The van der Waals surface area contributed by atoms with Crippen molar-refractivity contribution in [2.45, 2.75) is 226 Å². The number of ether oxygens (including phenoxy) is 1. The minimum atomic E-state index is -4.45. The number of rotatable bonds is 46. The van der Waals surface area contributed by atoms with Crippen LogP contribution in [0.5, 0.6) is 0 Å². The Hall–Kier alpha value is -2.55. The first kappa shape index (κ1) is 62.4. The second-order valence-corrected chi connectivity index (χ2v) is 20.2. The molecule has 0 saturated carbocycles. The highest BCUT2D eigenvalue weighted by Crippen LogP contribution is 2.43. The lowest BCUT2D eigenvalue weighted by Gasteiger charge is -2.27. The number of likely N-dealkylation sites (N-methyl/N-ethyl adjacent to an activating group) is 1. The van der Waals surface area contributed by atoms with Crippen molar-refractivity contribution in [2.75, 3.05) is 40.9 Å². The largest absolute Gasteiger partial charge is 0.472 e. The van der Waals surface area contributed by atoms with Gasteiger partial charge in [-0.15, -0.1) is 0 Å². The van der Waals surface area contributed by atoms with Crippen LogP contribution in [0.2, 0.25) is 0 Å². The third-order valence-corrected chi connectivity index (χ3v) is 12.2. The second-order valence-electron chi connectivity index (χ2n) is 18.8. The first-order valence-corrected chi connectivity index (χ1v) is 27.8. The number of hydrogen-bond acceptors (Lipinski definition) is 6. The molecular weight excluding hydrogens is 832 g/mol. The van der Waals surface area contributed by atoms with Gasteiger partial charge >= 0.3 is 13.8 Å². The Morgan fingerprint density at radius 1 is 0.554 bits per heavy atom. The molecule has 0 radical (unpaired) electrons. The number of phosphoric ester groups is 1. The molecule has 0 aromatic heterocycles. The molecule has 0 bridgehead atoms. The lowest BCUT2D eigenvalue weighted by atomic mass is 10.1. The zero-order valence-corrected chi connectivity index (χ0v) is 43.6. The summed E-state index contributed by atoms with van der Waals surface area (Å²) < 4.78 is 30.5. The molecule has 0 aliphatic carbocycles. The summed E-state index contributed by atoms with van der Waals surface area (Å²) in [5, 5.41) is 3.02. The van der Waals surface area contributed by atoms with Gasteiger partial charge in [-0.1, -0.05) is 197 Å². The Labute approximate surface area is 400 Å². The van der Waals surface area contributed by atoms with Crippen LogP contribution in [0.3, 0.4) is 0 Å². The number of amides is 1. The molecule has 0 rings (SSSR count). The van der Waals surface area contributed by atoms with Crippen molar-refractivity contribution in [3.63, 3.8) is 0 Å². The summed E-state index contributed by atoms with van der Waals surface area (Å²) in [7, 11) is 1.46. The molecule has 0 heterocycles. The Morgan fingerprint density at radius 3 is 1.51 bits per heavy atom. The van der Waals surface area contributed by atoms with Crippen molar-refractivity contribution in [3.05, 3.63) is 72.9 Å². The average molecular weight is 932 g/mol. The molecule has 376 valence electrons. The summed E-state index contributed by atoms with van der Waals surface area (Å²) in [6.45, 7) is 6.79. The summed E-state index contributed by atoms with van der Waals surface area (Å²) in [6.07, 6.45) is 56.1. The van der Waals surface area contributed by atoms with Crippen molar-refractivity contribution in [1.29, 1.82) is 0 Å². The maximum Gasteiger partial charge on any atom is 0.472 e. The van der Waals surface area contributed by atoms with E-state index in [1.807, 2.05) is 39.4 Å². The summed E-state index contributed by atoms with van der Waals surface area (Å²) in [4.78, 5) is 37.4. The third kappa shape index (κ3) is 46.4. The van der Waals surface area contributed by atoms with E-state index in [-0.39, 0.29) is 31.5 Å². The minimum Gasteiger partial charge on any atom is -0.456 e. The van der Waals surface area contributed by atoms with Crippen molar-refractivity contribution < 1.29 is 37.3 Å². The standard InChI is InChI=1S/C55H99N2O7P/c1-7-10-13-16-19-22-25-27-28-30-32-35-38-41-44-47-54(58)56-52(51-63-65(60,61)62-50-49-57(4,5)6)53(46-43-40-37-34-31-24-21-18-15-12-9-3)64-55(59)48-45-42-39-36-33-29-26-23-20-17-14-11-8-2/h11,14,17,19-20,22-23,25-27,43,46,52-53H,7-10,12-13,15-16,18,21,24,28-42,44-45,47-51H2,1-6H3,(H-,56,58,60,61)/p+1/b14-11+,20-17+,22-19+,26-23-,27-25+,46-43+. The van der Waals surface area contributed by atoms with E-state index in [4.69, 9.17) is 13.8 Å². The number of nitrogens with one attached hydrogen (secondary N) is 1. The normalized spacial score (nSPS) is 14.5. The van der Waals surface area contributed by atoms with Crippen LogP contribution in [-0.2, 0) is 27.9 Å². The summed E-state index contributed by atoms with van der Waals surface area (Å²) >= 11 is 0. The maximum atomic E-state index is 13.4. The zero-order chi connectivity index (χ0) is 48.0. The van der Waals surface area contributed by atoms with Gasteiger partial charge in [0.2, 0.25) is 5.91 Å². The number of carbonyl (C=O) groups excluding carboxylic acids is 2. The molecule has 0 aromatic carbocycles. The minimum absolute atomic E-state index is 0.0313. The van der Waals surface area contributed by atoms with Crippen molar-refractivity contribution in [1.82, 2.24) is 5.32 Å². The van der Waals surface area contributed by atoms with Gasteiger partial charge in [-0.25, -0.2) is 4.57 Å². The number of unbranched alkanes of at least 4 members (excludes halogenated alkanes) is 23.